The van der Waals surface area contributed by atoms with Gasteiger partial charge in [0.2, 0.25) is 0 Å². The molecule has 5 heteroatoms. The van der Waals surface area contributed by atoms with E-state index in [9.17, 15) is 4.79 Å². The van der Waals surface area contributed by atoms with Crippen LogP contribution < -0.4 is 0 Å². The number of benzene rings is 1. The molecule has 1 aromatic rings. The summed E-state index contributed by atoms with van der Waals surface area (Å²) < 4.78 is 5.22. The lowest BCUT2D eigenvalue weighted by Crippen LogP contribution is -1.98. The van der Waals surface area contributed by atoms with Crippen LogP contribution in [-0.2, 0) is 4.74 Å². The molecule has 1 rings (SSSR count). The minimum absolute atomic E-state index is 0.154. The fourth-order valence-electron chi connectivity index (χ4n) is 1.25. The summed E-state index contributed by atoms with van der Waals surface area (Å²) in [5.41, 5.74) is 0.154. The summed E-state index contributed by atoms with van der Waals surface area (Å²) in [4.78, 5) is 11.8. The van der Waals surface area contributed by atoms with E-state index in [0.29, 0.717) is 0 Å². The molecular formula is C12H15ClO3S. The third kappa shape index (κ3) is 4.98. The zero-order chi connectivity index (χ0) is 12.7. The monoisotopic (exact) mass is 274 g/mol. The molecule has 0 amide bonds. The van der Waals surface area contributed by atoms with E-state index in [4.69, 9.17) is 21.4 Å². The molecule has 1 N–H and O–H groups in total. The number of carbonyl (C=O) groups is 1. The van der Waals surface area contributed by atoms with E-state index in [2.05, 4.69) is 0 Å². The molecule has 0 aliphatic carbocycles. The summed E-state index contributed by atoms with van der Waals surface area (Å²) in [5.74, 6) is -0.0903. The van der Waals surface area contributed by atoms with Crippen LogP contribution in [0.15, 0.2) is 23.1 Å². The van der Waals surface area contributed by atoms with Gasteiger partial charge in [-0.05, 0) is 31.5 Å². The van der Waals surface area contributed by atoms with Crippen LogP contribution in [0, 0.1) is 0 Å². The van der Waals surface area contributed by atoms with Gasteiger partial charge in [0.25, 0.3) is 0 Å². The maximum atomic E-state index is 10.9. The highest BCUT2D eigenvalue weighted by atomic mass is 35.5. The van der Waals surface area contributed by atoms with E-state index in [1.165, 1.54) is 0 Å². The lowest BCUT2D eigenvalue weighted by atomic mass is 10.2. The van der Waals surface area contributed by atoms with Gasteiger partial charge in [-0.1, -0.05) is 11.6 Å². The van der Waals surface area contributed by atoms with Gasteiger partial charge in [-0.15, -0.1) is 11.8 Å². The lowest BCUT2D eigenvalue weighted by Gasteiger charge is -2.04. The van der Waals surface area contributed by atoms with Gasteiger partial charge in [-0.25, -0.2) is 4.79 Å². The standard InChI is InChI=1S/C12H15ClO3S/c1-2-16-6-3-7-17-9-4-5-11(13)10(8-9)12(14)15/h4-5,8H,2-3,6-7H2,1H3,(H,14,15). The Morgan fingerprint density at radius 2 is 2.29 bits per heavy atom. The van der Waals surface area contributed by atoms with E-state index >= 15 is 0 Å². The predicted molar refractivity (Wildman–Crippen MR) is 70.2 cm³/mol. The van der Waals surface area contributed by atoms with Crippen molar-refractivity contribution in [2.75, 3.05) is 19.0 Å². The smallest absolute Gasteiger partial charge is 0.337 e. The minimum Gasteiger partial charge on any atom is -0.478 e. The predicted octanol–water partition coefficient (Wildman–Crippen LogP) is 3.56. The first kappa shape index (κ1) is 14.4. The van der Waals surface area contributed by atoms with Gasteiger partial charge in [-0.2, -0.15) is 0 Å². The number of ether oxygens (including phenoxy) is 1. The van der Waals surface area contributed by atoms with Crippen LogP contribution in [0.2, 0.25) is 5.02 Å². The largest absolute Gasteiger partial charge is 0.478 e. The Morgan fingerprint density at radius 1 is 1.53 bits per heavy atom. The number of thioether (sulfide) groups is 1. The van der Waals surface area contributed by atoms with E-state index in [-0.39, 0.29) is 10.6 Å². The Kier molecular flexibility index (Phi) is 6.40. The number of carboxylic acids is 1. The second kappa shape index (κ2) is 7.58. The van der Waals surface area contributed by atoms with Gasteiger partial charge in [0.1, 0.15) is 0 Å². The number of hydrogen-bond acceptors (Lipinski definition) is 3. The Labute approximate surface area is 110 Å². The second-order valence-corrected chi connectivity index (χ2v) is 4.92. The van der Waals surface area contributed by atoms with Crippen LogP contribution in [0.1, 0.15) is 23.7 Å². The molecule has 0 fully saturated rings. The van der Waals surface area contributed by atoms with Gasteiger partial charge in [0.15, 0.2) is 0 Å². The third-order valence-corrected chi connectivity index (χ3v) is 3.48. The normalized spacial score (nSPS) is 10.5. The van der Waals surface area contributed by atoms with Crippen molar-refractivity contribution in [2.24, 2.45) is 0 Å². The van der Waals surface area contributed by atoms with Crippen LogP contribution >= 0.6 is 23.4 Å². The first-order valence-corrected chi connectivity index (χ1v) is 6.75. The van der Waals surface area contributed by atoms with Crippen LogP contribution in [-0.4, -0.2) is 30.0 Å². The van der Waals surface area contributed by atoms with Crippen LogP contribution in [0.25, 0.3) is 0 Å². The fraction of sp³-hybridized carbons (Fsp3) is 0.417. The van der Waals surface area contributed by atoms with Gasteiger partial charge in [-0.3, -0.25) is 0 Å². The van der Waals surface area contributed by atoms with Crippen LogP contribution in [0.3, 0.4) is 0 Å². The molecule has 0 heterocycles. The molecule has 94 valence electrons. The van der Waals surface area contributed by atoms with Crippen molar-refractivity contribution in [1.82, 2.24) is 0 Å². The third-order valence-electron chi connectivity index (χ3n) is 2.07. The molecule has 0 spiro atoms. The topological polar surface area (TPSA) is 46.5 Å². The molecule has 0 aromatic heterocycles. The Bertz CT molecular complexity index is 382. The van der Waals surface area contributed by atoms with Crippen molar-refractivity contribution in [2.45, 2.75) is 18.2 Å². The quantitative estimate of drug-likeness (QED) is 0.610. The number of aromatic carboxylic acids is 1. The van der Waals surface area contributed by atoms with Crippen molar-refractivity contribution in [3.8, 4) is 0 Å². The Hall–Kier alpha value is -0.710. The van der Waals surface area contributed by atoms with Crippen LogP contribution in [0.5, 0.6) is 0 Å². The maximum absolute atomic E-state index is 10.9. The summed E-state index contributed by atoms with van der Waals surface area (Å²) >= 11 is 7.39. The fourth-order valence-corrected chi connectivity index (χ4v) is 2.32. The number of hydrogen-bond donors (Lipinski definition) is 1. The molecule has 0 saturated heterocycles. The molecule has 0 aliphatic heterocycles. The van der Waals surface area contributed by atoms with Crippen molar-refractivity contribution in [3.63, 3.8) is 0 Å². The zero-order valence-electron chi connectivity index (χ0n) is 9.61. The SMILES string of the molecule is CCOCCCSc1ccc(Cl)c(C(=O)O)c1. The van der Waals surface area contributed by atoms with E-state index in [0.717, 1.165) is 30.3 Å². The molecule has 1 aromatic carbocycles. The highest BCUT2D eigenvalue weighted by molar-refractivity contribution is 7.99. The average molecular weight is 275 g/mol. The van der Waals surface area contributed by atoms with Crippen LogP contribution in [0.4, 0.5) is 0 Å². The summed E-state index contributed by atoms with van der Waals surface area (Å²) in [6.07, 6.45) is 0.948. The minimum atomic E-state index is -0.994. The molecule has 0 atom stereocenters. The molecule has 0 unspecified atom stereocenters. The lowest BCUT2D eigenvalue weighted by molar-refractivity contribution is 0.0697. The Balaban J connectivity index is 2.49. The van der Waals surface area contributed by atoms with Gasteiger partial charge < -0.3 is 9.84 Å². The van der Waals surface area contributed by atoms with Gasteiger partial charge >= 0.3 is 5.97 Å². The molecule has 3 nitrogen and oxygen atoms in total. The number of halogens is 1. The molecule has 17 heavy (non-hydrogen) atoms. The molecular weight excluding hydrogens is 260 g/mol. The van der Waals surface area contributed by atoms with E-state index in [1.54, 1.807) is 23.9 Å². The van der Waals surface area contributed by atoms with Crippen molar-refractivity contribution in [1.29, 1.82) is 0 Å². The summed E-state index contributed by atoms with van der Waals surface area (Å²) in [5, 5.41) is 9.19. The van der Waals surface area contributed by atoms with E-state index in [1.807, 2.05) is 13.0 Å². The molecule has 0 saturated carbocycles. The van der Waals surface area contributed by atoms with Gasteiger partial charge in [0, 0.05) is 23.9 Å². The molecule has 0 bridgehead atoms. The van der Waals surface area contributed by atoms with Crippen molar-refractivity contribution < 1.29 is 14.6 Å². The zero-order valence-corrected chi connectivity index (χ0v) is 11.2. The van der Waals surface area contributed by atoms with Gasteiger partial charge in [0.05, 0.1) is 10.6 Å². The first-order chi connectivity index (χ1) is 8.15. The van der Waals surface area contributed by atoms with E-state index < -0.39 is 5.97 Å². The number of carboxylic acid groups (broad SMARTS) is 1. The maximum Gasteiger partial charge on any atom is 0.337 e. The average Bonchev–Trinajstić information content (AvgIpc) is 2.30. The first-order valence-electron chi connectivity index (χ1n) is 5.38. The highest BCUT2D eigenvalue weighted by Gasteiger charge is 2.09. The summed E-state index contributed by atoms with van der Waals surface area (Å²) in [6, 6.07) is 5.06. The highest BCUT2D eigenvalue weighted by Crippen LogP contribution is 2.25. The molecule has 0 aliphatic rings. The van der Waals surface area contributed by atoms with Crippen molar-refractivity contribution >= 4 is 29.3 Å². The summed E-state index contributed by atoms with van der Waals surface area (Å²) in [7, 11) is 0. The second-order valence-electron chi connectivity index (χ2n) is 3.35. The summed E-state index contributed by atoms with van der Waals surface area (Å²) in [6.45, 7) is 3.43. The van der Waals surface area contributed by atoms with Crippen molar-refractivity contribution in [3.05, 3.63) is 28.8 Å². The molecule has 0 radical (unpaired) electrons. The number of rotatable bonds is 7. The Morgan fingerprint density at radius 3 is 2.94 bits per heavy atom.